The molecule has 0 aliphatic heterocycles. The second-order valence-corrected chi connectivity index (χ2v) is 6.32. The molecule has 0 saturated heterocycles. The molecule has 1 aromatic rings. The van der Waals surface area contributed by atoms with E-state index in [-0.39, 0.29) is 12.0 Å². The molecule has 0 amide bonds. The predicted octanol–water partition coefficient (Wildman–Crippen LogP) is 2.94. The summed E-state index contributed by atoms with van der Waals surface area (Å²) in [5.74, 6) is 0.946. The molecule has 2 rings (SSSR count). The Morgan fingerprint density at radius 2 is 2.05 bits per heavy atom. The van der Waals surface area contributed by atoms with Crippen LogP contribution in [-0.2, 0) is 12.8 Å². The Bertz CT molecular complexity index is 446. The third-order valence-corrected chi connectivity index (χ3v) is 5.24. The first-order valence-electron chi connectivity index (χ1n) is 8.16. The fourth-order valence-corrected chi connectivity index (χ4v) is 3.18. The van der Waals surface area contributed by atoms with E-state index in [0.29, 0.717) is 6.04 Å². The van der Waals surface area contributed by atoms with Gasteiger partial charge in [0.15, 0.2) is 0 Å². The van der Waals surface area contributed by atoms with E-state index in [9.17, 15) is 5.11 Å². The number of rotatable bonds is 7. The van der Waals surface area contributed by atoms with Crippen molar-refractivity contribution in [1.29, 1.82) is 0 Å². The monoisotopic (exact) mass is 291 g/mol. The van der Waals surface area contributed by atoms with Crippen LogP contribution in [-0.4, -0.2) is 31.4 Å². The third kappa shape index (κ3) is 3.78. The summed E-state index contributed by atoms with van der Waals surface area (Å²) in [6.45, 7) is 5.51. The number of aryl methyl sites for hydroxylation is 1. The highest BCUT2D eigenvalue weighted by Crippen LogP contribution is 2.28. The van der Waals surface area contributed by atoms with Crippen molar-refractivity contribution in [2.75, 3.05) is 20.3 Å². The van der Waals surface area contributed by atoms with Gasteiger partial charge < -0.3 is 15.2 Å². The Morgan fingerprint density at radius 3 is 2.67 bits per heavy atom. The van der Waals surface area contributed by atoms with Gasteiger partial charge in [0.1, 0.15) is 5.75 Å². The van der Waals surface area contributed by atoms with E-state index >= 15 is 0 Å². The Morgan fingerprint density at radius 1 is 1.29 bits per heavy atom. The molecule has 1 aromatic carbocycles. The van der Waals surface area contributed by atoms with Gasteiger partial charge in [0.25, 0.3) is 0 Å². The Kier molecular flexibility index (Phi) is 5.65. The van der Waals surface area contributed by atoms with Crippen LogP contribution in [0.2, 0.25) is 0 Å². The number of benzene rings is 1. The van der Waals surface area contributed by atoms with E-state index in [1.807, 2.05) is 0 Å². The number of hydrogen-bond acceptors (Lipinski definition) is 3. The minimum atomic E-state index is 0.0364. The molecule has 0 fully saturated rings. The molecule has 21 heavy (non-hydrogen) atoms. The van der Waals surface area contributed by atoms with Crippen LogP contribution >= 0.6 is 0 Å². The highest BCUT2D eigenvalue weighted by Gasteiger charge is 2.27. The van der Waals surface area contributed by atoms with Crippen molar-refractivity contribution < 1.29 is 9.84 Å². The first-order chi connectivity index (χ1) is 10.2. The van der Waals surface area contributed by atoms with Crippen molar-refractivity contribution in [3.05, 3.63) is 29.3 Å². The third-order valence-electron chi connectivity index (χ3n) is 5.24. The highest BCUT2D eigenvalue weighted by molar-refractivity contribution is 5.37. The van der Waals surface area contributed by atoms with Gasteiger partial charge in [-0.15, -0.1) is 0 Å². The largest absolute Gasteiger partial charge is 0.497 e. The van der Waals surface area contributed by atoms with E-state index in [2.05, 4.69) is 37.4 Å². The molecule has 1 aliphatic carbocycles. The van der Waals surface area contributed by atoms with Crippen LogP contribution in [0.25, 0.3) is 0 Å². The molecular weight excluding hydrogens is 262 g/mol. The minimum absolute atomic E-state index is 0.0364. The molecule has 0 radical (unpaired) electrons. The Balaban J connectivity index is 1.98. The summed E-state index contributed by atoms with van der Waals surface area (Å²) >= 11 is 0. The molecule has 0 saturated carbocycles. The lowest BCUT2D eigenvalue weighted by atomic mass is 9.82. The zero-order valence-corrected chi connectivity index (χ0v) is 13.6. The zero-order chi connectivity index (χ0) is 15.3. The lowest BCUT2D eigenvalue weighted by Gasteiger charge is -2.33. The lowest BCUT2D eigenvalue weighted by molar-refractivity contribution is 0.109. The number of nitrogens with one attached hydrogen (secondary N) is 1. The fourth-order valence-electron chi connectivity index (χ4n) is 3.18. The van der Waals surface area contributed by atoms with Crippen molar-refractivity contribution in [2.45, 2.75) is 52.0 Å². The van der Waals surface area contributed by atoms with Crippen molar-refractivity contribution in [2.24, 2.45) is 5.41 Å². The summed E-state index contributed by atoms with van der Waals surface area (Å²) in [5, 5.41) is 13.4. The van der Waals surface area contributed by atoms with Crippen molar-refractivity contribution in [3.8, 4) is 5.75 Å². The normalized spacial score (nSPS) is 18.4. The average molecular weight is 291 g/mol. The maximum absolute atomic E-state index is 9.68. The number of aliphatic hydroxyl groups excluding tert-OH is 1. The predicted molar refractivity (Wildman–Crippen MR) is 86.9 cm³/mol. The van der Waals surface area contributed by atoms with Crippen LogP contribution in [0, 0.1) is 5.41 Å². The van der Waals surface area contributed by atoms with Gasteiger partial charge in [-0.1, -0.05) is 19.9 Å². The first-order valence-corrected chi connectivity index (χ1v) is 8.16. The number of hydrogen-bond donors (Lipinski definition) is 2. The van der Waals surface area contributed by atoms with E-state index < -0.39 is 0 Å². The standard InChI is InChI=1S/C18H29NO2/c1-4-18(5-2,13-20)12-19-16-8-6-14-7-9-17(21-3)11-15(14)10-16/h7,9,11,16,19-20H,4-6,8,10,12-13H2,1-3H3. The smallest absolute Gasteiger partial charge is 0.119 e. The quantitative estimate of drug-likeness (QED) is 0.811. The summed E-state index contributed by atoms with van der Waals surface area (Å²) in [6.07, 6.45) is 5.39. The zero-order valence-electron chi connectivity index (χ0n) is 13.6. The number of fused-ring (bicyclic) bond motifs is 1. The van der Waals surface area contributed by atoms with Crippen molar-refractivity contribution in [3.63, 3.8) is 0 Å². The van der Waals surface area contributed by atoms with Crippen molar-refractivity contribution >= 4 is 0 Å². The Hall–Kier alpha value is -1.06. The van der Waals surface area contributed by atoms with Crippen LogP contribution in [0.15, 0.2) is 18.2 Å². The second kappa shape index (κ2) is 7.28. The molecule has 2 N–H and O–H groups in total. The van der Waals surface area contributed by atoms with Crippen LogP contribution in [0.5, 0.6) is 5.75 Å². The maximum atomic E-state index is 9.68. The van der Waals surface area contributed by atoms with Crippen LogP contribution in [0.4, 0.5) is 0 Å². The molecule has 1 unspecified atom stereocenters. The van der Waals surface area contributed by atoms with Gasteiger partial charge in [0.2, 0.25) is 0 Å². The van der Waals surface area contributed by atoms with E-state index in [1.165, 1.54) is 17.5 Å². The van der Waals surface area contributed by atoms with Crippen LogP contribution < -0.4 is 10.1 Å². The van der Waals surface area contributed by atoms with Crippen LogP contribution in [0.3, 0.4) is 0 Å². The molecule has 118 valence electrons. The summed E-state index contributed by atoms with van der Waals surface area (Å²) < 4.78 is 5.33. The molecule has 1 aliphatic rings. The van der Waals surface area contributed by atoms with Gasteiger partial charge in [-0.2, -0.15) is 0 Å². The first kappa shape index (κ1) is 16.3. The van der Waals surface area contributed by atoms with Gasteiger partial charge >= 0.3 is 0 Å². The number of methoxy groups -OCH3 is 1. The van der Waals surface area contributed by atoms with Gasteiger partial charge in [0, 0.05) is 24.6 Å². The summed E-state index contributed by atoms with van der Waals surface area (Å²) in [6, 6.07) is 6.92. The second-order valence-electron chi connectivity index (χ2n) is 6.32. The molecule has 3 nitrogen and oxygen atoms in total. The van der Waals surface area contributed by atoms with Crippen LogP contribution in [0.1, 0.15) is 44.2 Å². The van der Waals surface area contributed by atoms with Gasteiger partial charge in [0.05, 0.1) is 7.11 Å². The number of aliphatic hydroxyl groups is 1. The SMILES string of the molecule is CCC(CC)(CO)CNC1CCc2ccc(OC)cc2C1. The topological polar surface area (TPSA) is 41.5 Å². The minimum Gasteiger partial charge on any atom is -0.497 e. The van der Waals surface area contributed by atoms with Gasteiger partial charge in [-0.05, 0) is 55.4 Å². The van der Waals surface area contributed by atoms with E-state index in [1.54, 1.807) is 7.11 Å². The van der Waals surface area contributed by atoms with Gasteiger partial charge in [-0.25, -0.2) is 0 Å². The molecule has 0 spiro atoms. The lowest BCUT2D eigenvalue weighted by Crippen LogP contribution is -2.43. The van der Waals surface area contributed by atoms with E-state index in [4.69, 9.17) is 4.74 Å². The molecule has 1 atom stereocenters. The molecule has 0 bridgehead atoms. The molecule has 3 heteroatoms. The molecular formula is C18H29NO2. The maximum Gasteiger partial charge on any atom is 0.119 e. The molecule has 0 heterocycles. The molecule has 0 aromatic heterocycles. The van der Waals surface area contributed by atoms with Gasteiger partial charge in [-0.3, -0.25) is 0 Å². The number of ether oxygens (including phenoxy) is 1. The summed E-state index contributed by atoms with van der Waals surface area (Å²) in [5.41, 5.74) is 2.89. The van der Waals surface area contributed by atoms with E-state index in [0.717, 1.165) is 38.0 Å². The highest BCUT2D eigenvalue weighted by atomic mass is 16.5. The van der Waals surface area contributed by atoms with Crippen molar-refractivity contribution in [1.82, 2.24) is 5.32 Å². The average Bonchev–Trinajstić information content (AvgIpc) is 2.56. The summed E-state index contributed by atoms with van der Waals surface area (Å²) in [4.78, 5) is 0. The Labute approximate surface area is 128 Å². The fraction of sp³-hybridized carbons (Fsp3) is 0.667. The summed E-state index contributed by atoms with van der Waals surface area (Å²) in [7, 11) is 1.72.